The normalized spacial score (nSPS) is 10.0. The predicted molar refractivity (Wildman–Crippen MR) is 109 cm³/mol. The Balaban J connectivity index is 0.000000438. The predicted octanol–water partition coefficient (Wildman–Crippen LogP) is 3.30. The molecule has 0 aliphatic carbocycles. The zero-order valence-corrected chi connectivity index (χ0v) is 16.2. The van der Waals surface area contributed by atoms with E-state index >= 15 is 0 Å². The van der Waals surface area contributed by atoms with Crippen molar-refractivity contribution in [3.05, 3.63) is 71.8 Å². The molecule has 0 aliphatic heterocycles. The number of fused-ring (bicyclic) bond motifs is 1. The Labute approximate surface area is 168 Å². The molecule has 7 nitrogen and oxygen atoms in total. The maximum Gasteiger partial charge on any atom is 0.414 e. The van der Waals surface area contributed by atoms with Gasteiger partial charge in [0.25, 0.3) is 0 Å². The lowest BCUT2D eigenvalue weighted by molar-refractivity contribution is -0.159. The summed E-state index contributed by atoms with van der Waals surface area (Å²) in [6.45, 7) is 1.57. The summed E-state index contributed by atoms with van der Waals surface area (Å²) in [5, 5.41) is 20.8. The standard InChI is InChI=1S/C20H21NO2.C2H2O4/c1-22-19-10-9-18(20(12-19)23-2)14-21-13-15-7-8-16-5-3-4-6-17(16)11-15;3-1(4)2(5)6/h3-12,21H,13-14H2,1-2H3;(H,3,4)(H,5,6). The van der Waals surface area contributed by atoms with E-state index in [4.69, 9.17) is 29.3 Å². The van der Waals surface area contributed by atoms with Gasteiger partial charge in [0.1, 0.15) is 11.5 Å². The van der Waals surface area contributed by atoms with Crippen molar-refractivity contribution in [1.29, 1.82) is 0 Å². The van der Waals surface area contributed by atoms with Crippen LogP contribution in [0.5, 0.6) is 11.5 Å². The average molecular weight is 397 g/mol. The van der Waals surface area contributed by atoms with E-state index in [1.807, 2.05) is 18.2 Å². The second kappa shape index (κ2) is 10.7. The average Bonchev–Trinajstić information content (AvgIpc) is 2.74. The van der Waals surface area contributed by atoms with Gasteiger partial charge in [-0.1, -0.05) is 42.5 Å². The zero-order chi connectivity index (χ0) is 21.2. The lowest BCUT2D eigenvalue weighted by Gasteiger charge is -2.11. The molecule has 0 aliphatic rings. The van der Waals surface area contributed by atoms with E-state index in [0.717, 1.165) is 30.2 Å². The molecule has 152 valence electrons. The van der Waals surface area contributed by atoms with Gasteiger partial charge >= 0.3 is 11.9 Å². The van der Waals surface area contributed by atoms with Crippen molar-refractivity contribution in [3.63, 3.8) is 0 Å². The van der Waals surface area contributed by atoms with Crippen LogP contribution in [0, 0.1) is 0 Å². The van der Waals surface area contributed by atoms with E-state index in [9.17, 15) is 0 Å². The Kier molecular flexibility index (Phi) is 8.00. The summed E-state index contributed by atoms with van der Waals surface area (Å²) < 4.78 is 10.7. The first-order valence-corrected chi connectivity index (χ1v) is 8.80. The van der Waals surface area contributed by atoms with Crippen LogP contribution in [0.15, 0.2) is 60.7 Å². The summed E-state index contributed by atoms with van der Waals surface area (Å²) in [6.07, 6.45) is 0. The van der Waals surface area contributed by atoms with Crippen LogP contribution in [-0.2, 0) is 22.7 Å². The minimum absolute atomic E-state index is 0.750. The second-order valence-electron chi connectivity index (χ2n) is 6.07. The molecular weight excluding hydrogens is 374 g/mol. The fraction of sp³-hybridized carbons (Fsp3) is 0.182. The van der Waals surface area contributed by atoms with Gasteiger partial charge in [-0.05, 0) is 28.5 Å². The van der Waals surface area contributed by atoms with Crippen molar-refractivity contribution >= 4 is 22.7 Å². The van der Waals surface area contributed by atoms with Crippen molar-refractivity contribution in [2.24, 2.45) is 0 Å². The second-order valence-corrected chi connectivity index (χ2v) is 6.07. The van der Waals surface area contributed by atoms with Crippen LogP contribution in [0.2, 0.25) is 0 Å². The molecule has 29 heavy (non-hydrogen) atoms. The number of benzene rings is 3. The van der Waals surface area contributed by atoms with Crippen LogP contribution in [0.25, 0.3) is 10.8 Å². The Morgan fingerprint density at radius 1 is 0.828 bits per heavy atom. The summed E-state index contributed by atoms with van der Waals surface area (Å²) in [5.74, 6) is -2.00. The summed E-state index contributed by atoms with van der Waals surface area (Å²) in [5.41, 5.74) is 2.39. The highest BCUT2D eigenvalue weighted by molar-refractivity contribution is 6.27. The highest BCUT2D eigenvalue weighted by atomic mass is 16.5. The molecule has 0 saturated carbocycles. The number of carboxylic acids is 2. The molecule has 0 heterocycles. The van der Waals surface area contributed by atoms with Gasteiger partial charge in [0.05, 0.1) is 14.2 Å². The van der Waals surface area contributed by atoms with Gasteiger partial charge < -0.3 is 25.0 Å². The van der Waals surface area contributed by atoms with Gasteiger partial charge in [-0.2, -0.15) is 0 Å². The van der Waals surface area contributed by atoms with Gasteiger partial charge in [-0.25, -0.2) is 9.59 Å². The Morgan fingerprint density at radius 2 is 1.52 bits per heavy atom. The van der Waals surface area contributed by atoms with Gasteiger partial charge in [0.15, 0.2) is 0 Å². The van der Waals surface area contributed by atoms with Crippen LogP contribution in [0.3, 0.4) is 0 Å². The molecule has 0 radical (unpaired) electrons. The molecule has 3 aromatic rings. The van der Waals surface area contributed by atoms with Crippen LogP contribution < -0.4 is 14.8 Å². The minimum atomic E-state index is -1.82. The largest absolute Gasteiger partial charge is 0.497 e. The first-order chi connectivity index (χ1) is 13.9. The van der Waals surface area contributed by atoms with E-state index in [-0.39, 0.29) is 0 Å². The number of nitrogens with one attached hydrogen (secondary N) is 1. The van der Waals surface area contributed by atoms with E-state index in [2.05, 4.69) is 47.8 Å². The Bertz CT molecular complexity index is 974. The van der Waals surface area contributed by atoms with Crippen molar-refractivity contribution < 1.29 is 29.3 Å². The molecule has 0 spiro atoms. The van der Waals surface area contributed by atoms with Crippen LogP contribution in [-0.4, -0.2) is 36.4 Å². The number of carbonyl (C=O) groups is 2. The first-order valence-electron chi connectivity index (χ1n) is 8.80. The fourth-order valence-corrected chi connectivity index (χ4v) is 2.69. The monoisotopic (exact) mass is 397 g/mol. The van der Waals surface area contributed by atoms with Gasteiger partial charge in [0, 0.05) is 24.7 Å². The van der Waals surface area contributed by atoms with Crippen LogP contribution in [0.1, 0.15) is 11.1 Å². The van der Waals surface area contributed by atoms with Crippen molar-refractivity contribution in [2.75, 3.05) is 14.2 Å². The number of methoxy groups -OCH3 is 2. The molecule has 0 bridgehead atoms. The van der Waals surface area contributed by atoms with Crippen LogP contribution >= 0.6 is 0 Å². The summed E-state index contributed by atoms with van der Waals surface area (Å²) in [7, 11) is 3.34. The Morgan fingerprint density at radius 3 is 2.14 bits per heavy atom. The van der Waals surface area contributed by atoms with E-state index in [0.29, 0.717) is 0 Å². The van der Waals surface area contributed by atoms with Crippen molar-refractivity contribution in [1.82, 2.24) is 5.32 Å². The molecule has 0 aromatic heterocycles. The molecule has 0 saturated heterocycles. The lowest BCUT2D eigenvalue weighted by Crippen LogP contribution is -2.13. The Hall–Kier alpha value is -3.58. The minimum Gasteiger partial charge on any atom is -0.497 e. The SMILES string of the molecule is COc1ccc(CNCc2ccc3ccccc3c2)c(OC)c1.O=C(O)C(=O)O. The van der Waals surface area contributed by atoms with Gasteiger partial charge in [-0.3, -0.25) is 0 Å². The number of ether oxygens (including phenoxy) is 2. The molecule has 0 atom stereocenters. The lowest BCUT2D eigenvalue weighted by atomic mass is 10.1. The van der Waals surface area contributed by atoms with Crippen molar-refractivity contribution in [2.45, 2.75) is 13.1 Å². The molecule has 0 fully saturated rings. The highest BCUT2D eigenvalue weighted by Gasteiger charge is 2.05. The molecule has 0 unspecified atom stereocenters. The number of hydrogen-bond donors (Lipinski definition) is 3. The summed E-state index contributed by atoms with van der Waals surface area (Å²) >= 11 is 0. The molecule has 3 N–H and O–H groups in total. The van der Waals surface area contributed by atoms with Crippen molar-refractivity contribution in [3.8, 4) is 11.5 Å². The number of carboxylic acid groups (broad SMARTS) is 2. The third-order valence-electron chi connectivity index (χ3n) is 4.14. The maximum absolute atomic E-state index is 9.10. The van der Waals surface area contributed by atoms with E-state index in [1.165, 1.54) is 16.3 Å². The van der Waals surface area contributed by atoms with Gasteiger partial charge in [-0.15, -0.1) is 0 Å². The molecule has 3 aromatic carbocycles. The molecule has 3 rings (SSSR count). The van der Waals surface area contributed by atoms with E-state index < -0.39 is 11.9 Å². The topological polar surface area (TPSA) is 105 Å². The first kappa shape index (κ1) is 21.7. The number of rotatable bonds is 6. The summed E-state index contributed by atoms with van der Waals surface area (Å²) in [4.78, 5) is 18.2. The smallest absolute Gasteiger partial charge is 0.414 e. The third-order valence-corrected chi connectivity index (χ3v) is 4.14. The quantitative estimate of drug-likeness (QED) is 0.548. The van der Waals surface area contributed by atoms with Gasteiger partial charge in [0.2, 0.25) is 0 Å². The third kappa shape index (κ3) is 6.51. The van der Waals surface area contributed by atoms with E-state index in [1.54, 1.807) is 14.2 Å². The molecule has 7 heteroatoms. The zero-order valence-electron chi connectivity index (χ0n) is 16.2. The number of hydrogen-bond acceptors (Lipinski definition) is 5. The molecular formula is C22H23NO6. The fourth-order valence-electron chi connectivity index (χ4n) is 2.69. The van der Waals surface area contributed by atoms with Crippen LogP contribution in [0.4, 0.5) is 0 Å². The number of aliphatic carboxylic acids is 2. The summed E-state index contributed by atoms with van der Waals surface area (Å²) in [6, 6.07) is 20.9. The highest BCUT2D eigenvalue weighted by Crippen LogP contribution is 2.24. The maximum atomic E-state index is 9.10. The molecule has 0 amide bonds.